The van der Waals surface area contributed by atoms with Crippen LogP contribution in [-0.2, 0) is 21.4 Å². The maximum Gasteiger partial charge on any atom is 0.240 e. The van der Waals surface area contributed by atoms with Gasteiger partial charge in [-0.15, -0.1) is 0 Å². The topological polar surface area (TPSA) is 75.6 Å². The highest BCUT2D eigenvalue weighted by atomic mass is 32.2. The lowest BCUT2D eigenvalue weighted by molar-refractivity contribution is 0.0250. The van der Waals surface area contributed by atoms with Gasteiger partial charge < -0.3 is 9.84 Å². The van der Waals surface area contributed by atoms with E-state index in [4.69, 9.17) is 9.84 Å². The molecule has 1 aromatic carbocycles. The highest BCUT2D eigenvalue weighted by molar-refractivity contribution is 7.89. The van der Waals surface area contributed by atoms with Crippen molar-refractivity contribution in [2.75, 3.05) is 13.2 Å². The molecule has 1 fully saturated rings. The van der Waals surface area contributed by atoms with Gasteiger partial charge in [0, 0.05) is 13.2 Å². The van der Waals surface area contributed by atoms with Crippen molar-refractivity contribution in [1.82, 2.24) is 4.72 Å². The summed E-state index contributed by atoms with van der Waals surface area (Å²) in [7, 11) is -3.59. The van der Waals surface area contributed by atoms with E-state index in [1.807, 2.05) is 6.92 Å². The van der Waals surface area contributed by atoms with Crippen LogP contribution in [0.1, 0.15) is 30.9 Å². The molecular formula is C14H21NO4S. The monoisotopic (exact) mass is 299 g/mol. The smallest absolute Gasteiger partial charge is 0.240 e. The van der Waals surface area contributed by atoms with Gasteiger partial charge in [0.1, 0.15) is 0 Å². The van der Waals surface area contributed by atoms with Crippen LogP contribution in [-0.4, -0.2) is 32.3 Å². The lowest BCUT2D eigenvalue weighted by Crippen LogP contribution is -2.40. The van der Waals surface area contributed by atoms with E-state index in [2.05, 4.69) is 4.72 Å². The van der Waals surface area contributed by atoms with E-state index in [0.717, 1.165) is 12.8 Å². The Kier molecular flexibility index (Phi) is 4.49. The number of nitrogens with one attached hydrogen (secondary N) is 1. The molecule has 1 atom stereocenters. The standard InChI is InChI=1S/C14H21NO4S/c1-11-4-5-12(9-16)8-13(11)20(17,18)15-10-14(2)6-3-7-19-14/h4-5,8,15-16H,3,6-7,9-10H2,1-2H3. The van der Waals surface area contributed by atoms with Gasteiger partial charge in [0.05, 0.1) is 17.1 Å². The minimum Gasteiger partial charge on any atom is -0.392 e. The SMILES string of the molecule is Cc1ccc(CO)cc1S(=O)(=O)NCC1(C)CCCO1. The second-order valence-corrected chi connectivity index (χ2v) is 7.22. The van der Waals surface area contributed by atoms with Gasteiger partial charge in [0.25, 0.3) is 0 Å². The molecule has 6 heteroatoms. The van der Waals surface area contributed by atoms with Crippen LogP contribution in [0.3, 0.4) is 0 Å². The van der Waals surface area contributed by atoms with Crippen molar-refractivity contribution < 1.29 is 18.3 Å². The fourth-order valence-corrected chi connectivity index (χ4v) is 3.78. The number of rotatable bonds is 5. The van der Waals surface area contributed by atoms with Crippen molar-refractivity contribution in [3.8, 4) is 0 Å². The summed E-state index contributed by atoms with van der Waals surface area (Å²) < 4.78 is 32.9. The highest BCUT2D eigenvalue weighted by Gasteiger charge is 2.31. The first kappa shape index (κ1) is 15.4. The third-order valence-electron chi connectivity index (χ3n) is 3.66. The zero-order valence-corrected chi connectivity index (χ0v) is 12.7. The van der Waals surface area contributed by atoms with E-state index in [9.17, 15) is 8.42 Å². The van der Waals surface area contributed by atoms with Gasteiger partial charge in [-0.2, -0.15) is 0 Å². The van der Waals surface area contributed by atoms with E-state index in [1.165, 1.54) is 6.07 Å². The average Bonchev–Trinajstić information content (AvgIpc) is 2.85. The molecule has 0 spiro atoms. The fourth-order valence-electron chi connectivity index (χ4n) is 2.33. The Morgan fingerprint density at radius 3 is 2.80 bits per heavy atom. The average molecular weight is 299 g/mol. The normalized spacial score (nSPS) is 23.1. The number of aliphatic hydroxyl groups excluding tert-OH is 1. The van der Waals surface area contributed by atoms with Gasteiger partial charge in [0.15, 0.2) is 0 Å². The first-order valence-corrected chi connectivity index (χ1v) is 8.19. The Labute approximate surface area is 120 Å². The molecule has 2 N–H and O–H groups in total. The van der Waals surface area contributed by atoms with Gasteiger partial charge in [-0.25, -0.2) is 13.1 Å². The summed E-state index contributed by atoms with van der Waals surface area (Å²) >= 11 is 0. The molecule has 0 bridgehead atoms. The molecule has 20 heavy (non-hydrogen) atoms. The van der Waals surface area contributed by atoms with Crippen LogP contribution in [0.5, 0.6) is 0 Å². The summed E-state index contributed by atoms with van der Waals surface area (Å²) in [5, 5.41) is 9.13. The van der Waals surface area contributed by atoms with Crippen molar-refractivity contribution in [2.45, 2.75) is 43.8 Å². The number of ether oxygens (including phenoxy) is 1. The molecule has 0 saturated carbocycles. The number of hydrogen-bond acceptors (Lipinski definition) is 4. The van der Waals surface area contributed by atoms with Crippen LogP contribution in [0.15, 0.2) is 23.1 Å². The van der Waals surface area contributed by atoms with Crippen LogP contribution in [0.2, 0.25) is 0 Å². The van der Waals surface area contributed by atoms with E-state index < -0.39 is 15.6 Å². The summed E-state index contributed by atoms with van der Waals surface area (Å²) in [6.45, 7) is 4.42. The third kappa shape index (κ3) is 3.38. The van der Waals surface area contributed by atoms with Gasteiger partial charge in [-0.05, 0) is 43.9 Å². The molecule has 0 aliphatic carbocycles. The van der Waals surface area contributed by atoms with Crippen LogP contribution >= 0.6 is 0 Å². The Balaban J connectivity index is 2.17. The minimum absolute atomic E-state index is 0.177. The molecule has 1 aliphatic rings. The van der Waals surface area contributed by atoms with E-state index in [0.29, 0.717) is 17.7 Å². The molecule has 0 amide bonds. The lowest BCUT2D eigenvalue weighted by Gasteiger charge is -2.23. The lowest BCUT2D eigenvalue weighted by atomic mass is 10.0. The summed E-state index contributed by atoms with van der Waals surface area (Å²) in [5.74, 6) is 0. The summed E-state index contributed by atoms with van der Waals surface area (Å²) in [6.07, 6.45) is 1.81. The van der Waals surface area contributed by atoms with Crippen LogP contribution in [0, 0.1) is 6.92 Å². The largest absolute Gasteiger partial charge is 0.392 e. The van der Waals surface area contributed by atoms with Crippen molar-refractivity contribution in [2.24, 2.45) is 0 Å². The fraction of sp³-hybridized carbons (Fsp3) is 0.571. The van der Waals surface area contributed by atoms with Crippen LogP contribution in [0.25, 0.3) is 0 Å². The molecule has 1 unspecified atom stereocenters. The summed E-state index contributed by atoms with van der Waals surface area (Å²) in [6, 6.07) is 4.93. The first-order chi connectivity index (χ1) is 9.36. The Hall–Kier alpha value is -0.950. The van der Waals surface area contributed by atoms with Crippen LogP contribution < -0.4 is 4.72 Å². The van der Waals surface area contributed by atoms with Gasteiger partial charge in [-0.1, -0.05) is 12.1 Å². The predicted molar refractivity (Wildman–Crippen MR) is 75.9 cm³/mol. The predicted octanol–water partition coefficient (Wildman–Crippen LogP) is 1.33. The maximum atomic E-state index is 12.4. The second kappa shape index (κ2) is 5.81. The highest BCUT2D eigenvalue weighted by Crippen LogP contribution is 2.25. The summed E-state index contributed by atoms with van der Waals surface area (Å²) in [5.41, 5.74) is 0.821. The van der Waals surface area contributed by atoms with E-state index in [-0.39, 0.29) is 18.0 Å². The molecule has 1 saturated heterocycles. The zero-order chi connectivity index (χ0) is 14.8. The third-order valence-corrected chi connectivity index (χ3v) is 5.20. The molecule has 0 aromatic heterocycles. The molecule has 1 aromatic rings. The van der Waals surface area contributed by atoms with Crippen molar-refractivity contribution in [3.05, 3.63) is 29.3 Å². The van der Waals surface area contributed by atoms with Crippen LogP contribution in [0.4, 0.5) is 0 Å². The second-order valence-electron chi connectivity index (χ2n) is 5.48. The van der Waals surface area contributed by atoms with Gasteiger partial charge in [0.2, 0.25) is 10.0 Å². The molecule has 2 rings (SSSR count). The van der Waals surface area contributed by atoms with Gasteiger partial charge >= 0.3 is 0 Å². The Bertz CT molecular complexity index is 577. The minimum atomic E-state index is -3.59. The van der Waals surface area contributed by atoms with Gasteiger partial charge in [-0.3, -0.25) is 0 Å². The molecule has 0 radical (unpaired) electrons. The number of hydrogen-bond donors (Lipinski definition) is 2. The van der Waals surface area contributed by atoms with E-state index >= 15 is 0 Å². The maximum absolute atomic E-state index is 12.4. The number of benzene rings is 1. The zero-order valence-electron chi connectivity index (χ0n) is 11.8. The molecule has 1 aliphatic heterocycles. The number of sulfonamides is 1. The Morgan fingerprint density at radius 2 is 2.20 bits per heavy atom. The molecular weight excluding hydrogens is 278 g/mol. The molecule has 5 nitrogen and oxygen atoms in total. The summed E-state index contributed by atoms with van der Waals surface area (Å²) in [4.78, 5) is 0.214. The quantitative estimate of drug-likeness (QED) is 0.860. The van der Waals surface area contributed by atoms with Crippen molar-refractivity contribution in [3.63, 3.8) is 0 Å². The van der Waals surface area contributed by atoms with Crippen molar-refractivity contribution >= 4 is 10.0 Å². The first-order valence-electron chi connectivity index (χ1n) is 6.70. The van der Waals surface area contributed by atoms with E-state index in [1.54, 1.807) is 19.1 Å². The molecule has 1 heterocycles. The van der Waals surface area contributed by atoms with Crippen molar-refractivity contribution in [1.29, 1.82) is 0 Å². The molecule has 112 valence electrons. The number of aryl methyl sites for hydroxylation is 1. The number of aliphatic hydroxyl groups is 1. The Morgan fingerprint density at radius 1 is 1.45 bits per heavy atom.